The van der Waals surface area contributed by atoms with Crippen LogP contribution in [0.25, 0.3) is 0 Å². The Hall–Kier alpha value is -2.16. The molecule has 3 heteroatoms. The molecule has 0 unspecified atom stereocenters. The van der Waals surface area contributed by atoms with E-state index in [-0.39, 0.29) is 0 Å². The van der Waals surface area contributed by atoms with E-state index < -0.39 is 0 Å². The Labute approximate surface area is 101 Å². The molecule has 0 aliphatic rings. The molecule has 2 aromatic carbocycles. The Morgan fingerprint density at radius 2 is 1.65 bits per heavy atom. The number of nitrogen functional groups attached to an aromatic ring is 2. The van der Waals surface area contributed by atoms with Gasteiger partial charge >= 0.3 is 0 Å². The van der Waals surface area contributed by atoms with E-state index in [1.807, 2.05) is 48.5 Å². The van der Waals surface area contributed by atoms with E-state index in [1.54, 1.807) is 0 Å². The van der Waals surface area contributed by atoms with E-state index in [0.29, 0.717) is 6.61 Å². The van der Waals surface area contributed by atoms with E-state index in [4.69, 9.17) is 16.2 Å². The highest BCUT2D eigenvalue weighted by molar-refractivity contribution is 5.42. The van der Waals surface area contributed by atoms with Crippen molar-refractivity contribution in [2.24, 2.45) is 0 Å². The van der Waals surface area contributed by atoms with E-state index >= 15 is 0 Å². The summed E-state index contributed by atoms with van der Waals surface area (Å²) in [6.45, 7) is 0.632. The predicted molar refractivity (Wildman–Crippen MR) is 70.9 cm³/mol. The van der Waals surface area contributed by atoms with E-state index in [9.17, 15) is 0 Å². The fraction of sp³-hybridized carbons (Fsp3) is 0.143. The van der Waals surface area contributed by atoms with Crippen molar-refractivity contribution >= 4 is 11.4 Å². The van der Waals surface area contributed by atoms with Crippen LogP contribution < -0.4 is 16.2 Å². The van der Waals surface area contributed by atoms with Crippen molar-refractivity contribution in [2.75, 3.05) is 18.1 Å². The van der Waals surface area contributed by atoms with Crippen molar-refractivity contribution < 1.29 is 4.74 Å². The van der Waals surface area contributed by atoms with Gasteiger partial charge in [-0.15, -0.1) is 0 Å². The minimum atomic E-state index is 0.632. The van der Waals surface area contributed by atoms with Crippen LogP contribution in [-0.4, -0.2) is 6.61 Å². The van der Waals surface area contributed by atoms with Gasteiger partial charge in [0.05, 0.1) is 6.61 Å². The molecule has 88 valence electrons. The van der Waals surface area contributed by atoms with Gasteiger partial charge in [0.15, 0.2) is 0 Å². The first-order valence-corrected chi connectivity index (χ1v) is 5.57. The molecule has 0 bridgehead atoms. The van der Waals surface area contributed by atoms with Gasteiger partial charge in [0, 0.05) is 17.8 Å². The van der Waals surface area contributed by atoms with Gasteiger partial charge in [-0.1, -0.05) is 12.1 Å². The molecule has 0 saturated heterocycles. The summed E-state index contributed by atoms with van der Waals surface area (Å²) in [4.78, 5) is 0. The highest BCUT2D eigenvalue weighted by Crippen LogP contribution is 2.14. The number of nitrogens with two attached hydrogens (primary N) is 2. The normalized spacial score (nSPS) is 10.1. The van der Waals surface area contributed by atoms with Crippen molar-refractivity contribution in [1.82, 2.24) is 0 Å². The third kappa shape index (κ3) is 3.41. The van der Waals surface area contributed by atoms with Gasteiger partial charge in [-0.2, -0.15) is 0 Å². The molecule has 0 saturated carbocycles. The fourth-order valence-corrected chi connectivity index (χ4v) is 1.60. The van der Waals surface area contributed by atoms with Crippen LogP contribution in [0.4, 0.5) is 11.4 Å². The van der Waals surface area contributed by atoms with Crippen LogP contribution in [0.15, 0.2) is 48.5 Å². The molecule has 0 fully saturated rings. The third-order valence-electron chi connectivity index (χ3n) is 2.49. The molecular formula is C14H16N2O. The number of ether oxygens (including phenoxy) is 1. The van der Waals surface area contributed by atoms with Crippen LogP contribution in [0, 0.1) is 0 Å². The van der Waals surface area contributed by atoms with Crippen LogP contribution in [-0.2, 0) is 6.42 Å². The molecule has 0 aliphatic carbocycles. The van der Waals surface area contributed by atoms with Crippen LogP contribution in [0.2, 0.25) is 0 Å². The Balaban J connectivity index is 1.85. The first-order chi connectivity index (χ1) is 8.24. The molecule has 0 atom stereocenters. The first-order valence-electron chi connectivity index (χ1n) is 5.57. The maximum Gasteiger partial charge on any atom is 0.119 e. The molecule has 0 amide bonds. The lowest BCUT2D eigenvalue weighted by molar-refractivity contribution is 0.322. The smallest absolute Gasteiger partial charge is 0.119 e. The number of benzene rings is 2. The molecule has 2 rings (SSSR count). The average molecular weight is 228 g/mol. The van der Waals surface area contributed by atoms with Gasteiger partial charge in [-0.25, -0.2) is 0 Å². The summed E-state index contributed by atoms with van der Waals surface area (Å²) in [6, 6.07) is 15.2. The van der Waals surface area contributed by atoms with Crippen LogP contribution >= 0.6 is 0 Å². The first kappa shape index (κ1) is 11.3. The lowest BCUT2D eigenvalue weighted by atomic mass is 10.1. The molecule has 17 heavy (non-hydrogen) atoms. The maximum absolute atomic E-state index is 5.70. The average Bonchev–Trinajstić information content (AvgIpc) is 2.32. The van der Waals surface area contributed by atoms with Gasteiger partial charge in [0.25, 0.3) is 0 Å². The quantitative estimate of drug-likeness (QED) is 0.790. The molecule has 0 aliphatic heterocycles. The Kier molecular flexibility index (Phi) is 3.50. The standard InChI is InChI=1S/C14H16N2O/c15-12-4-6-14(7-5-12)17-9-8-11-2-1-3-13(16)10-11/h1-7,10H,8-9,15-16H2. The number of rotatable bonds is 4. The molecule has 0 spiro atoms. The summed E-state index contributed by atoms with van der Waals surface area (Å²) in [7, 11) is 0. The lowest BCUT2D eigenvalue weighted by Gasteiger charge is -2.06. The van der Waals surface area contributed by atoms with Crippen molar-refractivity contribution in [2.45, 2.75) is 6.42 Å². The highest BCUT2D eigenvalue weighted by atomic mass is 16.5. The van der Waals surface area contributed by atoms with Crippen molar-refractivity contribution in [1.29, 1.82) is 0 Å². The molecule has 2 aromatic rings. The zero-order chi connectivity index (χ0) is 12.1. The van der Waals surface area contributed by atoms with Crippen molar-refractivity contribution in [3.05, 3.63) is 54.1 Å². The maximum atomic E-state index is 5.70. The highest BCUT2D eigenvalue weighted by Gasteiger charge is 1.96. The summed E-state index contributed by atoms with van der Waals surface area (Å²) in [5.41, 5.74) is 14.0. The van der Waals surface area contributed by atoms with Gasteiger partial charge in [0.1, 0.15) is 5.75 Å². The summed E-state index contributed by atoms with van der Waals surface area (Å²) < 4.78 is 5.61. The van der Waals surface area contributed by atoms with Crippen LogP contribution in [0.1, 0.15) is 5.56 Å². The van der Waals surface area contributed by atoms with E-state index in [1.165, 1.54) is 5.56 Å². The van der Waals surface area contributed by atoms with Gasteiger partial charge in [0.2, 0.25) is 0 Å². The lowest BCUT2D eigenvalue weighted by Crippen LogP contribution is -2.01. The number of hydrogen-bond acceptors (Lipinski definition) is 3. The van der Waals surface area contributed by atoms with E-state index in [2.05, 4.69) is 0 Å². The number of hydrogen-bond donors (Lipinski definition) is 2. The molecule has 0 heterocycles. The second-order valence-corrected chi connectivity index (χ2v) is 3.91. The Morgan fingerprint density at radius 1 is 0.882 bits per heavy atom. The topological polar surface area (TPSA) is 61.3 Å². The minimum absolute atomic E-state index is 0.632. The minimum Gasteiger partial charge on any atom is -0.493 e. The molecular weight excluding hydrogens is 212 g/mol. The van der Waals surface area contributed by atoms with Crippen molar-refractivity contribution in [3.8, 4) is 5.75 Å². The summed E-state index contributed by atoms with van der Waals surface area (Å²) >= 11 is 0. The van der Waals surface area contributed by atoms with Crippen molar-refractivity contribution in [3.63, 3.8) is 0 Å². The second-order valence-electron chi connectivity index (χ2n) is 3.91. The predicted octanol–water partition coefficient (Wildman–Crippen LogP) is 2.47. The second kappa shape index (κ2) is 5.25. The summed E-state index contributed by atoms with van der Waals surface area (Å²) in [6.07, 6.45) is 0.843. The molecule has 3 nitrogen and oxygen atoms in total. The largest absolute Gasteiger partial charge is 0.493 e. The molecule has 0 radical (unpaired) electrons. The third-order valence-corrected chi connectivity index (χ3v) is 2.49. The molecule has 4 N–H and O–H groups in total. The Bertz CT molecular complexity index is 480. The number of anilines is 2. The monoisotopic (exact) mass is 228 g/mol. The zero-order valence-electron chi connectivity index (χ0n) is 9.60. The molecule has 0 aromatic heterocycles. The van der Waals surface area contributed by atoms with Gasteiger partial charge in [-0.3, -0.25) is 0 Å². The van der Waals surface area contributed by atoms with Crippen LogP contribution in [0.5, 0.6) is 5.75 Å². The summed E-state index contributed by atoms with van der Waals surface area (Å²) in [5, 5.41) is 0. The van der Waals surface area contributed by atoms with Crippen LogP contribution in [0.3, 0.4) is 0 Å². The van der Waals surface area contributed by atoms with Gasteiger partial charge < -0.3 is 16.2 Å². The SMILES string of the molecule is Nc1ccc(OCCc2cccc(N)c2)cc1. The van der Waals surface area contributed by atoms with E-state index in [0.717, 1.165) is 23.5 Å². The Morgan fingerprint density at radius 3 is 2.35 bits per heavy atom. The summed E-state index contributed by atoms with van der Waals surface area (Å²) in [5.74, 6) is 0.836. The zero-order valence-corrected chi connectivity index (χ0v) is 9.60. The van der Waals surface area contributed by atoms with Gasteiger partial charge in [-0.05, 0) is 42.0 Å². The fourth-order valence-electron chi connectivity index (χ4n) is 1.60.